The Morgan fingerprint density at radius 2 is 0.810 bits per heavy atom. The van der Waals surface area contributed by atoms with E-state index in [1.165, 1.54) is 64.2 Å². The van der Waals surface area contributed by atoms with Crippen LogP contribution in [0.25, 0.3) is 0 Å². The van der Waals surface area contributed by atoms with Crippen LogP contribution in [0, 0.1) is 0 Å². The molecule has 0 heterocycles. The molecule has 2 amide bonds. The fourth-order valence-electron chi connectivity index (χ4n) is 1.56. The minimum Gasteiger partial charge on any atom is -0.361 e. The number of carbonyl (C=O) groups excluding carboxylic acids is 2. The van der Waals surface area contributed by atoms with Gasteiger partial charge in [-0.15, -0.1) is 0 Å². The third-order valence-electron chi connectivity index (χ3n) is 2.46. The minimum atomic E-state index is -0.639. The first-order valence-corrected chi connectivity index (χ1v) is 8.24. The summed E-state index contributed by atoms with van der Waals surface area (Å²) in [5.41, 5.74) is 8.67. The molecular weight excluding hydrogens is 405 g/mol. The van der Waals surface area contributed by atoms with Crippen molar-refractivity contribution in [2.75, 3.05) is 0 Å². The molecule has 0 radical (unpaired) electrons. The zero-order valence-corrected chi connectivity index (χ0v) is 19.5. The van der Waals surface area contributed by atoms with Crippen molar-refractivity contribution in [3.63, 3.8) is 0 Å². The van der Waals surface area contributed by atoms with E-state index in [0.717, 1.165) is 0 Å². The molecule has 0 aliphatic carbocycles. The van der Waals surface area contributed by atoms with Crippen LogP contribution in [0.5, 0.6) is 0 Å². The Morgan fingerprint density at radius 1 is 0.667 bits per heavy atom. The maximum absolute atomic E-state index is 9.09. The maximum Gasteiger partial charge on any atom is 0.273 e. The normalized spacial score (nSPS) is 8.38. The molecule has 0 aromatic rings. The molecule has 0 aromatic heterocycles. The molecule has 4 N–H and O–H groups in total. The predicted octanol–water partition coefficient (Wildman–Crippen LogP) is 4.91. The number of unbranched alkanes of at least 4 members (excludes halogenated alkanes) is 9. The first kappa shape index (κ1) is 29.6. The van der Waals surface area contributed by atoms with Crippen LogP contribution < -0.4 is 11.5 Å². The van der Waals surface area contributed by atoms with Gasteiger partial charge in [0.25, 0.3) is 10.5 Å². The molecule has 0 atom stereocenters. The van der Waals surface area contributed by atoms with Crippen LogP contribution in [0.4, 0.5) is 9.59 Å². The Hall–Kier alpha value is 0.562. The van der Waals surface area contributed by atoms with Crippen molar-refractivity contribution in [1.29, 1.82) is 0 Å². The van der Waals surface area contributed by atoms with E-state index in [1.807, 2.05) is 0 Å². The average Bonchev–Trinajstić information content (AvgIpc) is 2.31. The largest absolute Gasteiger partial charge is 0.361 e. The topological polar surface area (TPSA) is 86.2 Å². The summed E-state index contributed by atoms with van der Waals surface area (Å²) in [6, 6.07) is 0. The van der Waals surface area contributed by atoms with Crippen molar-refractivity contribution in [2.45, 2.75) is 78.1 Å². The van der Waals surface area contributed by atoms with Crippen molar-refractivity contribution in [3.8, 4) is 0 Å². The van der Waals surface area contributed by atoms with Crippen molar-refractivity contribution < 1.29 is 36.9 Å². The number of rotatable bonds is 9. The Balaban J connectivity index is -0.000000134. The molecule has 4 nitrogen and oxygen atoms in total. The third-order valence-corrected chi connectivity index (χ3v) is 2.46. The number of thiol groups is 2. The van der Waals surface area contributed by atoms with Gasteiger partial charge in [0, 0.05) is 27.3 Å². The van der Waals surface area contributed by atoms with Gasteiger partial charge in [-0.3, -0.25) is 9.59 Å². The van der Waals surface area contributed by atoms with E-state index in [1.54, 1.807) is 0 Å². The molecule has 0 unspecified atom stereocenters. The number of carbonyl (C=O) groups is 2. The van der Waals surface area contributed by atoms with Crippen molar-refractivity contribution >= 4 is 35.7 Å². The summed E-state index contributed by atoms with van der Waals surface area (Å²) >= 11 is 6.21. The summed E-state index contributed by atoms with van der Waals surface area (Å²) in [5, 5.41) is -1.28. The number of primary amides is 2. The smallest absolute Gasteiger partial charge is 0.273 e. The fourth-order valence-corrected chi connectivity index (χ4v) is 1.56. The first-order valence-electron chi connectivity index (χ1n) is 7.35. The Bertz CT molecular complexity index is 191. The van der Waals surface area contributed by atoms with Crippen molar-refractivity contribution in [1.82, 2.24) is 0 Å². The average molecular weight is 437 g/mol. The molecule has 0 aliphatic heterocycles. The fraction of sp³-hybridized carbons (Fsp3) is 0.857. The maximum atomic E-state index is 9.09. The number of hydrogen-bond acceptors (Lipinski definition) is 2. The molecule has 0 saturated carbocycles. The Kier molecular flexibility index (Phi) is 40.4. The summed E-state index contributed by atoms with van der Waals surface area (Å²) in [4.78, 5) is 18.2. The standard InChI is InChI=1S/C12H26.2CH3NOS.Cd/c1-3-5-7-9-11-12-10-8-6-4-2;2*2-1(3)4;/h3-12H2,1-2H3;2*(H3,2,3,4);. The van der Waals surface area contributed by atoms with E-state index >= 15 is 0 Å². The van der Waals surface area contributed by atoms with E-state index in [2.05, 4.69) is 50.6 Å². The molecule has 0 aliphatic rings. The molecule has 7 heteroatoms. The minimum absolute atomic E-state index is 0. The molecule has 0 rings (SSSR count). The van der Waals surface area contributed by atoms with Gasteiger partial charge >= 0.3 is 0 Å². The van der Waals surface area contributed by atoms with Crippen LogP contribution in [-0.4, -0.2) is 10.5 Å². The van der Waals surface area contributed by atoms with Crippen LogP contribution in [0.2, 0.25) is 0 Å². The van der Waals surface area contributed by atoms with Gasteiger partial charge < -0.3 is 11.5 Å². The van der Waals surface area contributed by atoms with Crippen molar-refractivity contribution in [2.24, 2.45) is 11.5 Å². The first-order chi connectivity index (χ1) is 9.38. The molecule has 124 valence electrons. The molecule has 21 heavy (non-hydrogen) atoms. The quantitative estimate of drug-likeness (QED) is 0.235. The summed E-state index contributed by atoms with van der Waals surface area (Å²) in [6.45, 7) is 4.56. The zero-order chi connectivity index (χ0) is 16.2. The van der Waals surface area contributed by atoms with Gasteiger partial charge in [-0.1, -0.05) is 103 Å². The number of hydrogen-bond donors (Lipinski definition) is 4. The second-order valence-corrected chi connectivity index (χ2v) is 5.39. The summed E-state index contributed by atoms with van der Waals surface area (Å²) in [7, 11) is 0. The van der Waals surface area contributed by atoms with E-state index in [4.69, 9.17) is 9.59 Å². The van der Waals surface area contributed by atoms with Gasteiger partial charge in [-0.05, 0) is 0 Å². The van der Waals surface area contributed by atoms with Gasteiger partial charge in [-0.2, -0.15) is 0 Å². The SMILES string of the molecule is CCCCCCCCCCCC.NC(=O)S.NC(=O)S.[Cd]. The van der Waals surface area contributed by atoms with Gasteiger partial charge in [0.15, 0.2) is 0 Å². The van der Waals surface area contributed by atoms with Crippen LogP contribution >= 0.6 is 25.3 Å². The molecule has 0 aromatic carbocycles. The van der Waals surface area contributed by atoms with Crippen LogP contribution in [0.1, 0.15) is 78.1 Å². The summed E-state index contributed by atoms with van der Waals surface area (Å²) in [5.74, 6) is 0. The van der Waals surface area contributed by atoms with E-state index in [-0.39, 0.29) is 27.3 Å². The molecular formula is C14H32CdN2O2S2. The van der Waals surface area contributed by atoms with Gasteiger partial charge in [0.1, 0.15) is 0 Å². The van der Waals surface area contributed by atoms with E-state index < -0.39 is 10.5 Å². The molecule has 0 saturated heterocycles. The number of nitrogens with two attached hydrogens (primary N) is 2. The monoisotopic (exact) mass is 438 g/mol. The van der Waals surface area contributed by atoms with Gasteiger partial charge in [0.05, 0.1) is 0 Å². The third kappa shape index (κ3) is 77.5. The Morgan fingerprint density at radius 3 is 0.952 bits per heavy atom. The molecule has 0 bridgehead atoms. The van der Waals surface area contributed by atoms with Gasteiger partial charge in [0.2, 0.25) is 0 Å². The Labute approximate surface area is 161 Å². The van der Waals surface area contributed by atoms with E-state index in [9.17, 15) is 0 Å². The molecule has 0 fully saturated rings. The number of amides is 2. The van der Waals surface area contributed by atoms with Crippen LogP contribution in [0.15, 0.2) is 0 Å². The van der Waals surface area contributed by atoms with Gasteiger partial charge in [-0.25, -0.2) is 0 Å². The second-order valence-electron chi connectivity index (χ2n) is 4.50. The van der Waals surface area contributed by atoms with Crippen LogP contribution in [-0.2, 0) is 27.3 Å². The van der Waals surface area contributed by atoms with E-state index in [0.29, 0.717) is 0 Å². The second kappa shape index (κ2) is 28.7. The summed E-state index contributed by atoms with van der Waals surface area (Å²) < 4.78 is 0. The summed E-state index contributed by atoms with van der Waals surface area (Å²) in [6.07, 6.45) is 14.4. The zero-order valence-electron chi connectivity index (χ0n) is 13.6. The molecule has 0 spiro atoms. The van der Waals surface area contributed by atoms with Crippen molar-refractivity contribution in [3.05, 3.63) is 0 Å². The predicted molar refractivity (Wildman–Crippen MR) is 94.7 cm³/mol. The van der Waals surface area contributed by atoms with Crippen LogP contribution in [0.3, 0.4) is 0 Å².